The summed E-state index contributed by atoms with van der Waals surface area (Å²) in [6.07, 6.45) is 0.0458. The average molecular weight is 347 g/mol. The molecular weight excluding hydrogens is 329 g/mol. The fourth-order valence-electron chi connectivity index (χ4n) is 1.75. The molecule has 0 heterocycles. The molecule has 0 radical (unpaired) electrons. The molecule has 0 aliphatic heterocycles. The molecule has 1 aromatic carbocycles. The fraction of sp³-hybridized carbons (Fsp3) is 0.385. The zero-order chi connectivity index (χ0) is 17.8. The van der Waals surface area contributed by atoms with Gasteiger partial charge in [0, 0.05) is 17.6 Å². The first kappa shape index (κ1) is 18.8. The Morgan fingerprint density at radius 3 is 2.43 bits per heavy atom. The first-order valence-electron chi connectivity index (χ1n) is 6.53. The average Bonchev–Trinajstić information content (AvgIpc) is 2.33. The molecule has 0 saturated heterocycles. The van der Waals surface area contributed by atoms with Crippen LogP contribution in [0.2, 0.25) is 0 Å². The van der Waals surface area contributed by atoms with Gasteiger partial charge in [0.25, 0.3) is 0 Å². The van der Waals surface area contributed by atoms with Crippen LogP contribution in [0.25, 0.3) is 0 Å². The summed E-state index contributed by atoms with van der Waals surface area (Å²) in [6.45, 7) is 3.24. The third-order valence-corrected chi connectivity index (χ3v) is 3.77. The number of amides is 2. The maximum absolute atomic E-state index is 13.4. The Morgan fingerprint density at radius 2 is 1.91 bits per heavy atom. The number of hydrogen-bond donors (Lipinski definition) is 4. The molecule has 0 spiro atoms. The van der Waals surface area contributed by atoms with Crippen LogP contribution in [0.3, 0.4) is 0 Å². The molecule has 128 valence electrons. The number of benzene rings is 1. The minimum absolute atomic E-state index is 0.0967. The number of aliphatic carboxylic acids is 1. The Bertz CT molecular complexity index is 718. The van der Waals surface area contributed by atoms with Gasteiger partial charge in [0.2, 0.25) is 10.0 Å². The molecule has 0 fully saturated rings. The smallest absolute Gasteiger partial charge is 0.319 e. The largest absolute Gasteiger partial charge is 0.481 e. The van der Waals surface area contributed by atoms with Gasteiger partial charge in [-0.1, -0.05) is 0 Å². The van der Waals surface area contributed by atoms with Crippen LogP contribution in [-0.2, 0) is 14.8 Å². The van der Waals surface area contributed by atoms with E-state index in [1.807, 2.05) is 0 Å². The number of carboxylic acid groups (broad SMARTS) is 1. The third-order valence-electron chi connectivity index (χ3n) is 2.87. The number of rotatable bonds is 6. The van der Waals surface area contributed by atoms with Crippen molar-refractivity contribution in [2.45, 2.75) is 37.1 Å². The molecule has 10 heteroatoms. The number of urea groups is 1. The number of anilines is 1. The Labute approximate surface area is 132 Å². The molecule has 0 atom stereocenters. The molecule has 0 bridgehead atoms. The Kier molecular flexibility index (Phi) is 5.67. The molecular formula is C13H18FN3O5S. The standard InChI is InChI=1S/C13H18FN3O5S/c1-13(2,4-3-11(18)19)17-12(20)16-9-5-8(14)6-10(7-9)23(15,21)22/h5-7H,3-4H2,1-2H3,(H,18,19)(H2,15,21,22)(H2,16,17,20). The highest BCUT2D eigenvalue weighted by Crippen LogP contribution is 2.18. The summed E-state index contributed by atoms with van der Waals surface area (Å²) in [6, 6.07) is 1.95. The number of nitrogens with two attached hydrogens (primary N) is 1. The van der Waals surface area contributed by atoms with E-state index in [0.29, 0.717) is 0 Å². The van der Waals surface area contributed by atoms with E-state index in [9.17, 15) is 22.4 Å². The Hall–Kier alpha value is -2.20. The van der Waals surface area contributed by atoms with Crippen molar-refractivity contribution < 1.29 is 27.5 Å². The summed E-state index contributed by atoms with van der Waals surface area (Å²) in [5.74, 6) is -1.87. The van der Waals surface area contributed by atoms with Gasteiger partial charge in [-0.25, -0.2) is 22.7 Å². The lowest BCUT2D eigenvalue weighted by Crippen LogP contribution is -2.45. The van der Waals surface area contributed by atoms with E-state index in [-0.39, 0.29) is 18.5 Å². The van der Waals surface area contributed by atoms with Gasteiger partial charge in [-0.15, -0.1) is 0 Å². The highest BCUT2D eigenvalue weighted by atomic mass is 32.2. The van der Waals surface area contributed by atoms with Crippen molar-refractivity contribution in [3.05, 3.63) is 24.0 Å². The van der Waals surface area contributed by atoms with Gasteiger partial charge in [0.15, 0.2) is 0 Å². The van der Waals surface area contributed by atoms with Crippen molar-refractivity contribution >= 4 is 27.7 Å². The van der Waals surface area contributed by atoms with E-state index in [0.717, 1.165) is 18.2 Å². The zero-order valence-electron chi connectivity index (χ0n) is 12.6. The van der Waals surface area contributed by atoms with E-state index >= 15 is 0 Å². The number of carbonyl (C=O) groups is 2. The molecule has 0 saturated carbocycles. The van der Waals surface area contributed by atoms with Gasteiger partial charge >= 0.3 is 12.0 Å². The topological polar surface area (TPSA) is 139 Å². The summed E-state index contributed by atoms with van der Waals surface area (Å²) < 4.78 is 35.9. The van der Waals surface area contributed by atoms with Gasteiger partial charge in [0.1, 0.15) is 5.82 Å². The van der Waals surface area contributed by atoms with Crippen LogP contribution < -0.4 is 15.8 Å². The second-order valence-electron chi connectivity index (χ2n) is 5.58. The summed E-state index contributed by atoms with van der Waals surface area (Å²) in [7, 11) is -4.11. The van der Waals surface area contributed by atoms with Crippen LogP contribution in [0, 0.1) is 5.82 Å². The number of carboxylic acids is 1. The van der Waals surface area contributed by atoms with Crippen molar-refractivity contribution in [3.8, 4) is 0 Å². The number of carbonyl (C=O) groups excluding carboxylic acids is 1. The van der Waals surface area contributed by atoms with Crippen molar-refractivity contribution in [2.75, 3.05) is 5.32 Å². The Balaban J connectivity index is 2.82. The fourth-order valence-corrected chi connectivity index (χ4v) is 2.32. The SMILES string of the molecule is CC(C)(CCC(=O)O)NC(=O)Nc1cc(F)cc(S(N)(=O)=O)c1. The second-order valence-corrected chi connectivity index (χ2v) is 7.14. The summed E-state index contributed by atoms with van der Waals surface area (Å²) in [5.41, 5.74) is -0.918. The van der Waals surface area contributed by atoms with Crippen LogP contribution >= 0.6 is 0 Å². The molecule has 0 aliphatic carbocycles. The molecule has 23 heavy (non-hydrogen) atoms. The minimum atomic E-state index is -4.11. The van der Waals surface area contributed by atoms with Crippen LogP contribution in [0.1, 0.15) is 26.7 Å². The molecule has 8 nitrogen and oxygen atoms in total. The first-order valence-corrected chi connectivity index (χ1v) is 8.08. The second kappa shape index (κ2) is 6.92. The quantitative estimate of drug-likeness (QED) is 0.613. The van der Waals surface area contributed by atoms with Crippen molar-refractivity contribution in [1.29, 1.82) is 0 Å². The van der Waals surface area contributed by atoms with Crippen molar-refractivity contribution in [2.24, 2.45) is 5.14 Å². The Morgan fingerprint density at radius 1 is 1.30 bits per heavy atom. The van der Waals surface area contributed by atoms with Crippen LogP contribution in [0.15, 0.2) is 23.1 Å². The monoisotopic (exact) mass is 347 g/mol. The normalized spacial score (nSPS) is 11.8. The number of nitrogens with one attached hydrogen (secondary N) is 2. The molecule has 5 N–H and O–H groups in total. The maximum atomic E-state index is 13.4. The lowest BCUT2D eigenvalue weighted by Gasteiger charge is -2.25. The predicted molar refractivity (Wildman–Crippen MR) is 80.9 cm³/mol. The van der Waals surface area contributed by atoms with Crippen molar-refractivity contribution in [3.63, 3.8) is 0 Å². The van der Waals surface area contributed by atoms with Crippen LogP contribution in [0.4, 0.5) is 14.9 Å². The van der Waals surface area contributed by atoms with E-state index in [2.05, 4.69) is 10.6 Å². The van der Waals surface area contributed by atoms with E-state index < -0.39 is 38.3 Å². The summed E-state index contributed by atoms with van der Waals surface area (Å²) >= 11 is 0. The summed E-state index contributed by atoms with van der Waals surface area (Å²) in [4.78, 5) is 22.0. The van der Waals surface area contributed by atoms with Gasteiger partial charge in [-0.05, 0) is 38.5 Å². The highest BCUT2D eigenvalue weighted by Gasteiger charge is 2.22. The maximum Gasteiger partial charge on any atom is 0.319 e. The molecule has 2 amide bonds. The predicted octanol–water partition coefficient (Wildman–Crippen LogP) is 1.24. The number of sulfonamides is 1. The number of hydrogen-bond acceptors (Lipinski definition) is 4. The summed E-state index contributed by atoms with van der Waals surface area (Å²) in [5, 5.41) is 18.4. The van der Waals surface area contributed by atoms with Crippen molar-refractivity contribution in [1.82, 2.24) is 5.32 Å². The zero-order valence-corrected chi connectivity index (χ0v) is 13.4. The van der Waals surface area contributed by atoms with Gasteiger partial charge in [-0.3, -0.25) is 4.79 Å². The lowest BCUT2D eigenvalue weighted by atomic mass is 9.99. The number of halogens is 1. The van der Waals surface area contributed by atoms with Gasteiger partial charge in [0.05, 0.1) is 4.90 Å². The van der Waals surface area contributed by atoms with Crippen LogP contribution in [-0.4, -0.2) is 31.1 Å². The molecule has 0 unspecified atom stereocenters. The minimum Gasteiger partial charge on any atom is -0.481 e. The van der Waals surface area contributed by atoms with Crippen LogP contribution in [0.5, 0.6) is 0 Å². The van der Waals surface area contributed by atoms with E-state index in [1.165, 1.54) is 0 Å². The molecule has 1 rings (SSSR count). The van der Waals surface area contributed by atoms with E-state index in [4.69, 9.17) is 10.2 Å². The number of primary sulfonamides is 1. The van der Waals surface area contributed by atoms with E-state index in [1.54, 1.807) is 13.8 Å². The molecule has 0 aliphatic rings. The van der Waals surface area contributed by atoms with Gasteiger partial charge in [-0.2, -0.15) is 0 Å². The van der Waals surface area contributed by atoms with Gasteiger partial charge < -0.3 is 15.7 Å². The first-order chi connectivity index (χ1) is 10.4. The molecule has 1 aromatic rings. The lowest BCUT2D eigenvalue weighted by molar-refractivity contribution is -0.137. The highest BCUT2D eigenvalue weighted by molar-refractivity contribution is 7.89. The third kappa shape index (κ3) is 6.61. The molecule has 0 aromatic heterocycles.